The van der Waals surface area contributed by atoms with Crippen molar-refractivity contribution in [2.45, 2.75) is 113 Å². The number of carbonyl (C=O) groups is 1. The van der Waals surface area contributed by atoms with Gasteiger partial charge < -0.3 is 19.3 Å². The number of ketones is 1. The zero-order valence-electron chi connectivity index (χ0n) is 36.1. The summed E-state index contributed by atoms with van der Waals surface area (Å²) in [6, 6.07) is 9.04. The van der Waals surface area contributed by atoms with Gasteiger partial charge in [0.2, 0.25) is 0 Å². The molecule has 11 heteroatoms. The smallest absolute Gasteiger partial charge is 0.318 e. The maximum absolute atomic E-state index is 16.6. The first-order chi connectivity index (χ1) is 26.7. The van der Waals surface area contributed by atoms with Crippen LogP contribution in [0.1, 0.15) is 111 Å². The predicted molar refractivity (Wildman–Crippen MR) is 231 cm³/mol. The number of ether oxygens (including phenoxy) is 2. The number of halogens is 2. The summed E-state index contributed by atoms with van der Waals surface area (Å²) in [6.45, 7) is 26.7. The van der Waals surface area contributed by atoms with Crippen molar-refractivity contribution in [1.29, 1.82) is 5.26 Å². The molecular weight excluding hydrogens is 729 g/mol. The Morgan fingerprint density at radius 2 is 1.73 bits per heavy atom. The molecule has 56 heavy (non-hydrogen) atoms. The largest absolute Gasteiger partial charge is 0.467 e. The van der Waals surface area contributed by atoms with Crippen molar-refractivity contribution in [3.63, 3.8) is 0 Å². The van der Waals surface area contributed by atoms with Gasteiger partial charge in [-0.3, -0.25) is 4.79 Å². The van der Waals surface area contributed by atoms with Crippen LogP contribution in [0.4, 0.5) is 14.6 Å². The normalized spacial score (nSPS) is 14.9. The van der Waals surface area contributed by atoms with Gasteiger partial charge in [-0.15, -0.1) is 11.3 Å². The van der Waals surface area contributed by atoms with Gasteiger partial charge in [0.1, 0.15) is 23.2 Å². The van der Waals surface area contributed by atoms with E-state index in [4.69, 9.17) is 14.5 Å². The molecule has 3 heterocycles. The number of benzene rings is 2. The Bertz CT molecular complexity index is 1920. The van der Waals surface area contributed by atoms with Crippen LogP contribution < -0.4 is 9.64 Å². The lowest BCUT2D eigenvalue weighted by molar-refractivity contribution is -0.112. The number of fused-ring (bicyclic) bond motifs is 2. The number of nitrogens with zero attached hydrogens (tertiary/aromatic N) is 5. The van der Waals surface area contributed by atoms with Gasteiger partial charge in [-0.1, -0.05) is 74.1 Å². The molecule has 3 unspecified atom stereocenters. The third-order valence-electron chi connectivity index (χ3n) is 10.0. The molecule has 0 amide bonds. The van der Waals surface area contributed by atoms with Crippen LogP contribution in [0.3, 0.4) is 0 Å². The molecule has 5 rings (SSSR count). The third-order valence-corrected chi connectivity index (χ3v) is 11.4. The predicted octanol–water partition coefficient (Wildman–Crippen LogP) is 11.6. The van der Waals surface area contributed by atoms with E-state index >= 15 is 8.78 Å². The highest BCUT2D eigenvalue weighted by Gasteiger charge is 2.28. The summed E-state index contributed by atoms with van der Waals surface area (Å²) in [5.41, 5.74) is 1.30. The molecule has 0 spiro atoms. The molecule has 0 radical (unpaired) electrons. The number of nitriles is 1. The number of aromatic nitrogens is 2. The number of likely N-dealkylation sites (tertiary alicyclic amines) is 1. The number of rotatable bonds is 13. The monoisotopic (exact) mass is 793 g/mol. The second-order valence-electron chi connectivity index (χ2n) is 14.7. The summed E-state index contributed by atoms with van der Waals surface area (Å²) < 4.78 is 42.6. The maximum atomic E-state index is 16.6. The molecule has 0 N–H and O–H groups in total. The van der Waals surface area contributed by atoms with Gasteiger partial charge in [0.15, 0.2) is 11.6 Å². The topological polar surface area (TPSA) is 91.6 Å². The van der Waals surface area contributed by atoms with Crippen LogP contribution in [0.2, 0.25) is 0 Å². The van der Waals surface area contributed by atoms with Crippen LogP contribution in [0, 0.1) is 34.8 Å². The molecule has 1 aliphatic heterocycles. The summed E-state index contributed by atoms with van der Waals surface area (Å²) in [7, 11) is 5.38. The van der Waals surface area contributed by atoms with Crippen molar-refractivity contribution in [3.05, 3.63) is 59.0 Å². The molecule has 0 bridgehead atoms. The van der Waals surface area contributed by atoms with Crippen LogP contribution in [0.15, 0.2) is 36.9 Å². The lowest BCUT2D eigenvalue weighted by Crippen LogP contribution is -2.40. The fourth-order valence-corrected chi connectivity index (χ4v) is 8.00. The van der Waals surface area contributed by atoms with Crippen molar-refractivity contribution < 1.29 is 23.0 Å². The summed E-state index contributed by atoms with van der Waals surface area (Å²) in [5, 5.41) is 11.2. The SMILES string of the molecule is C=CC(C)=O.CC.CCC(C)c1sc2c(F)ccc(-c3ccc4c(N(CC)C(CCC(C)C)C(C)C)nc(OC)nc4c3F)c2c1C#N.COC1CCN(C)C1. The molecule has 4 aromatic rings. The average Bonchev–Trinajstić information content (AvgIpc) is 3.81. The minimum atomic E-state index is -0.545. The molecule has 1 saturated heterocycles. The molecular formula is C45H65F2N5O3S. The summed E-state index contributed by atoms with van der Waals surface area (Å²) in [5.74, 6) is 0.701. The van der Waals surface area contributed by atoms with Gasteiger partial charge in [0.05, 0.1) is 23.5 Å². The van der Waals surface area contributed by atoms with E-state index in [1.165, 1.54) is 50.5 Å². The van der Waals surface area contributed by atoms with Crippen LogP contribution in [0.25, 0.3) is 32.1 Å². The molecule has 8 nitrogen and oxygen atoms in total. The quantitative estimate of drug-likeness (QED) is 0.124. The third kappa shape index (κ3) is 12.0. The molecule has 2 aromatic carbocycles. The van der Waals surface area contributed by atoms with E-state index in [1.807, 2.05) is 33.8 Å². The molecule has 0 saturated carbocycles. The molecule has 1 aliphatic rings. The Kier molecular flexibility index (Phi) is 20.0. The Balaban J connectivity index is 0.000000607. The summed E-state index contributed by atoms with van der Waals surface area (Å²) >= 11 is 1.28. The Morgan fingerprint density at radius 3 is 2.20 bits per heavy atom. The second kappa shape index (κ2) is 23.3. The van der Waals surface area contributed by atoms with E-state index in [9.17, 15) is 10.1 Å². The standard InChI is InChI=1S/C33H40F2N4OS.C6H13NO.C4H6O.C2H6/c1-9-20(7)30-24(17-36)27-21(14-15-25(34)31(27)41-30)22-12-13-23-29(28(22)35)37-33(40-8)38-32(23)39(10-2)26(19(5)6)16-11-18(3)4;1-7-4-3-6(5-7)8-2;1-3-4(2)5;1-2/h12-15,18-20,26H,9-11,16H2,1-8H3;6H,3-5H2,1-2H3;3H,1H2,2H3;1-2H3. The zero-order valence-corrected chi connectivity index (χ0v) is 36.9. The Morgan fingerprint density at radius 1 is 1.09 bits per heavy atom. The first-order valence-electron chi connectivity index (χ1n) is 20.0. The highest BCUT2D eigenvalue weighted by Crippen LogP contribution is 2.44. The second-order valence-corrected chi connectivity index (χ2v) is 15.8. The van der Waals surface area contributed by atoms with E-state index in [2.05, 4.69) is 69.1 Å². The Labute approximate surface area is 338 Å². The highest BCUT2D eigenvalue weighted by atomic mass is 32.1. The van der Waals surface area contributed by atoms with E-state index in [-0.39, 0.29) is 34.8 Å². The van der Waals surface area contributed by atoms with Crippen molar-refractivity contribution in [2.24, 2.45) is 11.8 Å². The first-order valence-corrected chi connectivity index (χ1v) is 20.8. The fraction of sp³-hybridized carbons (Fsp3) is 0.556. The fourth-order valence-electron chi connectivity index (χ4n) is 6.68. The first kappa shape index (κ1) is 48.2. The average molecular weight is 794 g/mol. The Hall–Kier alpha value is -3.98. The van der Waals surface area contributed by atoms with Crippen molar-refractivity contribution >= 4 is 43.9 Å². The van der Waals surface area contributed by atoms with Gasteiger partial charge in [0.25, 0.3) is 0 Å². The van der Waals surface area contributed by atoms with Crippen LogP contribution in [0.5, 0.6) is 6.01 Å². The summed E-state index contributed by atoms with van der Waals surface area (Å²) in [4.78, 5) is 24.2. The number of hydrogen-bond donors (Lipinski definition) is 0. The lowest BCUT2D eigenvalue weighted by atomic mass is 9.93. The van der Waals surface area contributed by atoms with Crippen molar-refractivity contribution in [3.8, 4) is 23.2 Å². The number of allylic oxidation sites excluding steroid dienone is 1. The zero-order chi connectivity index (χ0) is 42.3. The van der Waals surface area contributed by atoms with E-state index in [0.29, 0.717) is 56.9 Å². The molecule has 308 valence electrons. The van der Waals surface area contributed by atoms with Crippen LogP contribution in [-0.2, 0) is 9.53 Å². The van der Waals surface area contributed by atoms with E-state index < -0.39 is 11.6 Å². The molecule has 1 fully saturated rings. The van der Waals surface area contributed by atoms with Gasteiger partial charge in [-0.25, -0.2) is 8.78 Å². The number of likely N-dealkylation sites (N-methyl/N-ethyl adjacent to an activating group) is 1. The lowest BCUT2D eigenvalue weighted by Gasteiger charge is -2.36. The number of hydrogen-bond acceptors (Lipinski definition) is 9. The molecule has 2 aromatic heterocycles. The summed E-state index contributed by atoms with van der Waals surface area (Å²) in [6.07, 6.45) is 5.84. The van der Waals surface area contributed by atoms with Crippen molar-refractivity contribution in [1.82, 2.24) is 14.9 Å². The van der Waals surface area contributed by atoms with Gasteiger partial charge in [-0.05, 0) is 88.1 Å². The van der Waals surface area contributed by atoms with E-state index in [0.717, 1.165) is 30.7 Å². The number of thiophene rings is 1. The van der Waals surface area contributed by atoms with Crippen LogP contribution in [-0.4, -0.2) is 73.7 Å². The minimum Gasteiger partial charge on any atom is -0.467 e. The van der Waals surface area contributed by atoms with Crippen LogP contribution >= 0.6 is 11.3 Å². The van der Waals surface area contributed by atoms with Gasteiger partial charge >= 0.3 is 6.01 Å². The molecule has 0 aliphatic carbocycles. The van der Waals surface area contributed by atoms with Gasteiger partial charge in [-0.2, -0.15) is 15.2 Å². The maximum Gasteiger partial charge on any atom is 0.318 e. The molecule has 3 atom stereocenters. The number of methoxy groups -OCH3 is 2. The number of carbonyl (C=O) groups excluding carboxylic acids is 1. The number of anilines is 1. The van der Waals surface area contributed by atoms with Crippen molar-refractivity contribution in [2.75, 3.05) is 45.8 Å². The highest BCUT2D eigenvalue weighted by molar-refractivity contribution is 7.19. The van der Waals surface area contributed by atoms with E-state index in [1.54, 1.807) is 19.2 Å². The van der Waals surface area contributed by atoms with Gasteiger partial charge in [0, 0.05) is 54.0 Å². The minimum absolute atomic E-state index is 0.0185.